The Balaban J connectivity index is 0.000000318. The van der Waals surface area contributed by atoms with E-state index in [1.807, 2.05) is 12.3 Å². The predicted octanol–water partition coefficient (Wildman–Crippen LogP) is 1.78. The van der Waals surface area contributed by atoms with E-state index in [4.69, 9.17) is 14.6 Å². The summed E-state index contributed by atoms with van der Waals surface area (Å²) in [5, 5.41) is 7.12. The number of hydrogen-bond acceptors (Lipinski definition) is 8. The number of ether oxygens (including phenoxy) is 1. The van der Waals surface area contributed by atoms with Crippen molar-refractivity contribution >= 4 is 17.7 Å². The van der Waals surface area contributed by atoms with E-state index in [0.717, 1.165) is 50.8 Å². The number of aliphatic carboxylic acids is 1. The number of alkyl halides is 3. The van der Waals surface area contributed by atoms with Gasteiger partial charge >= 0.3 is 12.1 Å². The molecule has 2 fully saturated rings. The van der Waals surface area contributed by atoms with Crippen LogP contribution in [-0.2, 0) is 9.53 Å². The Labute approximate surface area is 170 Å². The highest BCUT2D eigenvalue weighted by molar-refractivity contribution is 5.73. The van der Waals surface area contributed by atoms with Crippen LogP contribution in [0.3, 0.4) is 0 Å². The van der Waals surface area contributed by atoms with Gasteiger partial charge in [0, 0.05) is 37.9 Å². The molecule has 30 heavy (non-hydrogen) atoms. The fraction of sp³-hybridized carbons (Fsp3) is 0.500. The van der Waals surface area contributed by atoms with E-state index in [1.165, 1.54) is 0 Å². The molecule has 1 unspecified atom stereocenters. The summed E-state index contributed by atoms with van der Waals surface area (Å²) in [4.78, 5) is 30.8. The van der Waals surface area contributed by atoms with Crippen molar-refractivity contribution < 1.29 is 27.8 Å². The number of anilines is 2. The van der Waals surface area contributed by atoms with Gasteiger partial charge in [0.2, 0.25) is 5.95 Å². The highest BCUT2D eigenvalue weighted by atomic mass is 19.4. The molecule has 1 spiro atoms. The molecule has 2 aliphatic heterocycles. The van der Waals surface area contributed by atoms with Gasteiger partial charge in [-0.3, -0.25) is 4.98 Å². The number of carbonyl (C=O) groups is 1. The molecule has 1 atom stereocenters. The molecule has 0 aliphatic carbocycles. The number of hydrogen-bond donors (Lipinski definition) is 1. The molecule has 12 heteroatoms. The molecule has 0 saturated carbocycles. The maximum absolute atomic E-state index is 10.6. The van der Waals surface area contributed by atoms with Crippen LogP contribution in [-0.4, -0.2) is 75.6 Å². The van der Waals surface area contributed by atoms with Crippen LogP contribution < -0.4 is 9.80 Å². The molecular weight excluding hydrogens is 405 g/mol. The average Bonchev–Trinajstić information content (AvgIpc) is 2.75. The lowest BCUT2D eigenvalue weighted by molar-refractivity contribution is -0.192. The fourth-order valence-corrected chi connectivity index (χ4v) is 3.47. The van der Waals surface area contributed by atoms with Gasteiger partial charge < -0.3 is 19.6 Å². The number of carboxylic acid groups (broad SMARTS) is 1. The monoisotopic (exact) mass is 426 g/mol. The van der Waals surface area contributed by atoms with Crippen molar-refractivity contribution in [3.63, 3.8) is 0 Å². The zero-order valence-corrected chi connectivity index (χ0v) is 16.0. The Hall–Kier alpha value is -3.02. The van der Waals surface area contributed by atoms with E-state index in [9.17, 15) is 13.2 Å². The number of halogens is 3. The maximum atomic E-state index is 10.6. The van der Waals surface area contributed by atoms with Crippen molar-refractivity contribution in [2.45, 2.75) is 24.6 Å². The number of piperidine rings is 1. The van der Waals surface area contributed by atoms with Crippen molar-refractivity contribution in [3.05, 3.63) is 37.1 Å². The summed E-state index contributed by atoms with van der Waals surface area (Å²) in [5.41, 5.74) is -0.187. The van der Waals surface area contributed by atoms with E-state index < -0.39 is 12.1 Å². The second-order valence-corrected chi connectivity index (χ2v) is 6.89. The van der Waals surface area contributed by atoms with Crippen LogP contribution in [0.5, 0.6) is 0 Å². The van der Waals surface area contributed by atoms with E-state index in [1.54, 1.807) is 24.8 Å². The molecule has 2 saturated heterocycles. The molecule has 0 amide bonds. The molecule has 0 bridgehead atoms. The largest absolute Gasteiger partial charge is 0.490 e. The number of carboxylic acids is 1. The molecule has 2 aromatic rings. The van der Waals surface area contributed by atoms with Gasteiger partial charge in [0.05, 0.1) is 25.9 Å². The zero-order chi connectivity index (χ0) is 21.6. The fourth-order valence-electron chi connectivity index (χ4n) is 3.47. The summed E-state index contributed by atoms with van der Waals surface area (Å²) in [6.07, 6.45) is 5.89. The lowest BCUT2D eigenvalue weighted by Gasteiger charge is -2.48. The molecule has 2 aromatic heterocycles. The standard InChI is InChI=1S/C16H20N6O.C2HF3O2/c1-3-16(12-21(8-1)14-11-17-6-7-18-14)13-22(9-10-23-16)15-19-4-2-5-20-15;3-2(4,5)1(6)7/h2,4-7,11H,1,3,8-10,12-13H2;(H,6,7). The Morgan fingerprint density at radius 1 is 1.07 bits per heavy atom. The number of nitrogens with zero attached hydrogens (tertiary/aromatic N) is 6. The first-order valence-corrected chi connectivity index (χ1v) is 9.26. The Morgan fingerprint density at radius 3 is 2.40 bits per heavy atom. The lowest BCUT2D eigenvalue weighted by Crippen LogP contribution is -2.60. The highest BCUT2D eigenvalue weighted by Crippen LogP contribution is 2.31. The van der Waals surface area contributed by atoms with Gasteiger partial charge in [0.25, 0.3) is 0 Å². The SMILES string of the molecule is O=C(O)C(F)(F)F.c1cnc(N2CCOC3(CCCN(c4cnccn4)C3)C2)nc1. The van der Waals surface area contributed by atoms with Crippen LogP contribution in [0, 0.1) is 0 Å². The Kier molecular flexibility index (Phi) is 6.65. The Morgan fingerprint density at radius 2 is 1.77 bits per heavy atom. The molecule has 1 N–H and O–H groups in total. The number of aromatic nitrogens is 4. The first-order chi connectivity index (χ1) is 14.3. The third kappa shape index (κ3) is 5.53. The van der Waals surface area contributed by atoms with Crippen molar-refractivity contribution in [2.24, 2.45) is 0 Å². The number of rotatable bonds is 2. The molecule has 9 nitrogen and oxygen atoms in total. The normalized spacial score (nSPS) is 21.7. The predicted molar refractivity (Wildman–Crippen MR) is 100 cm³/mol. The first kappa shape index (κ1) is 21.7. The van der Waals surface area contributed by atoms with Crippen LogP contribution in [0.15, 0.2) is 37.1 Å². The zero-order valence-electron chi connectivity index (χ0n) is 16.0. The van der Waals surface area contributed by atoms with Crippen LogP contribution in [0.1, 0.15) is 12.8 Å². The summed E-state index contributed by atoms with van der Waals surface area (Å²) in [6, 6.07) is 1.84. The second-order valence-electron chi connectivity index (χ2n) is 6.89. The first-order valence-electron chi connectivity index (χ1n) is 9.26. The molecular formula is C18H21F3N6O3. The van der Waals surface area contributed by atoms with Gasteiger partial charge in [-0.05, 0) is 18.9 Å². The van der Waals surface area contributed by atoms with Crippen molar-refractivity contribution in [1.29, 1.82) is 0 Å². The van der Waals surface area contributed by atoms with Crippen molar-refractivity contribution in [1.82, 2.24) is 19.9 Å². The third-order valence-electron chi connectivity index (χ3n) is 4.74. The van der Waals surface area contributed by atoms with E-state index >= 15 is 0 Å². The molecule has 2 aliphatic rings. The average molecular weight is 426 g/mol. The van der Waals surface area contributed by atoms with Gasteiger partial charge in [0.1, 0.15) is 11.4 Å². The van der Waals surface area contributed by atoms with Gasteiger partial charge in [-0.1, -0.05) is 0 Å². The maximum Gasteiger partial charge on any atom is 0.490 e. The summed E-state index contributed by atoms with van der Waals surface area (Å²) >= 11 is 0. The minimum absolute atomic E-state index is 0.187. The lowest BCUT2D eigenvalue weighted by atomic mass is 9.91. The molecule has 4 rings (SSSR count). The van der Waals surface area contributed by atoms with Crippen LogP contribution in [0.25, 0.3) is 0 Å². The molecule has 162 valence electrons. The van der Waals surface area contributed by atoms with Gasteiger partial charge in [-0.25, -0.2) is 19.7 Å². The Bertz CT molecular complexity index is 767. The van der Waals surface area contributed by atoms with Crippen LogP contribution in [0.4, 0.5) is 24.9 Å². The third-order valence-corrected chi connectivity index (χ3v) is 4.74. The summed E-state index contributed by atoms with van der Waals surface area (Å²) in [7, 11) is 0. The summed E-state index contributed by atoms with van der Waals surface area (Å²) in [6.45, 7) is 4.16. The van der Waals surface area contributed by atoms with Gasteiger partial charge in [0.15, 0.2) is 0 Å². The van der Waals surface area contributed by atoms with Crippen LogP contribution in [0.2, 0.25) is 0 Å². The highest BCUT2D eigenvalue weighted by Gasteiger charge is 2.41. The smallest absolute Gasteiger partial charge is 0.475 e. The molecule has 4 heterocycles. The van der Waals surface area contributed by atoms with Gasteiger partial charge in [-0.2, -0.15) is 13.2 Å². The van der Waals surface area contributed by atoms with Crippen LogP contribution >= 0.6 is 0 Å². The number of morpholine rings is 1. The van der Waals surface area contributed by atoms with E-state index in [-0.39, 0.29) is 5.60 Å². The summed E-state index contributed by atoms with van der Waals surface area (Å²) in [5.74, 6) is -1.05. The topological polar surface area (TPSA) is 105 Å². The quantitative estimate of drug-likeness (QED) is 0.769. The van der Waals surface area contributed by atoms with E-state index in [0.29, 0.717) is 6.61 Å². The minimum atomic E-state index is -5.08. The second kappa shape index (κ2) is 9.20. The van der Waals surface area contributed by atoms with Crippen molar-refractivity contribution in [3.8, 4) is 0 Å². The molecule has 0 radical (unpaired) electrons. The van der Waals surface area contributed by atoms with E-state index in [2.05, 4.69) is 29.7 Å². The minimum Gasteiger partial charge on any atom is -0.475 e. The summed E-state index contributed by atoms with van der Waals surface area (Å²) < 4.78 is 38.0. The van der Waals surface area contributed by atoms with Gasteiger partial charge in [-0.15, -0.1) is 0 Å². The molecule has 0 aromatic carbocycles. The van der Waals surface area contributed by atoms with Crippen molar-refractivity contribution in [2.75, 3.05) is 42.6 Å².